The summed E-state index contributed by atoms with van der Waals surface area (Å²) in [7, 11) is 0. The molecule has 0 N–H and O–H groups in total. The maximum atomic E-state index is 4.19. The highest BCUT2D eigenvalue weighted by Crippen LogP contribution is 2.40. The summed E-state index contributed by atoms with van der Waals surface area (Å²) < 4.78 is 2.57. The highest BCUT2D eigenvalue weighted by Gasteiger charge is 2.12. The standard InChI is InChI=1S/C19H11N3S/c1-2-5-13-11-18-15(10-12(13)4-1)19-14(6-3-7-17(19)23-18)16-8-9-20-22-21-16/h1-11H. The Morgan fingerprint density at radius 3 is 2.48 bits per heavy atom. The number of fused-ring (bicyclic) bond motifs is 4. The van der Waals surface area contributed by atoms with Crippen LogP contribution in [0.2, 0.25) is 0 Å². The third-order valence-electron chi connectivity index (χ3n) is 4.14. The van der Waals surface area contributed by atoms with Gasteiger partial charge in [-0.2, -0.15) is 0 Å². The molecule has 0 aliphatic rings. The third kappa shape index (κ3) is 1.92. The van der Waals surface area contributed by atoms with Gasteiger partial charge in [-0.25, -0.2) is 0 Å². The number of nitrogens with zero attached hydrogens (tertiary/aromatic N) is 3. The highest BCUT2D eigenvalue weighted by atomic mass is 32.1. The molecule has 0 atom stereocenters. The van der Waals surface area contributed by atoms with Gasteiger partial charge in [0.05, 0.1) is 11.9 Å². The monoisotopic (exact) mass is 313 g/mol. The van der Waals surface area contributed by atoms with E-state index in [0.29, 0.717) is 0 Å². The predicted octanol–water partition coefficient (Wildman–Crippen LogP) is 5.06. The lowest BCUT2D eigenvalue weighted by Gasteiger charge is -2.03. The topological polar surface area (TPSA) is 38.7 Å². The minimum Gasteiger partial charge on any atom is -0.139 e. The molecule has 0 bridgehead atoms. The van der Waals surface area contributed by atoms with Crippen molar-refractivity contribution in [2.75, 3.05) is 0 Å². The molecule has 0 fully saturated rings. The molecule has 2 heterocycles. The number of aromatic nitrogens is 3. The fraction of sp³-hybridized carbons (Fsp3) is 0. The summed E-state index contributed by atoms with van der Waals surface area (Å²) in [6, 6.07) is 21.3. The largest absolute Gasteiger partial charge is 0.139 e. The number of benzene rings is 3. The summed E-state index contributed by atoms with van der Waals surface area (Å²) in [5, 5.41) is 16.8. The van der Waals surface area contributed by atoms with Crippen molar-refractivity contribution >= 4 is 42.3 Å². The number of hydrogen-bond donors (Lipinski definition) is 0. The zero-order valence-corrected chi connectivity index (χ0v) is 12.9. The Kier molecular flexibility index (Phi) is 2.66. The van der Waals surface area contributed by atoms with Crippen LogP contribution in [0, 0.1) is 0 Å². The molecule has 5 rings (SSSR count). The van der Waals surface area contributed by atoms with Gasteiger partial charge in [-0.1, -0.05) is 36.4 Å². The van der Waals surface area contributed by atoms with Crippen LogP contribution in [0.15, 0.2) is 66.9 Å². The molecule has 5 aromatic rings. The maximum Gasteiger partial charge on any atom is 0.0970 e. The van der Waals surface area contributed by atoms with Crippen LogP contribution in [0.4, 0.5) is 0 Å². The second-order valence-corrected chi connectivity index (χ2v) is 6.57. The molecule has 3 nitrogen and oxygen atoms in total. The Hall–Kier alpha value is -2.85. The minimum absolute atomic E-state index is 0.860. The molecule has 0 saturated carbocycles. The van der Waals surface area contributed by atoms with E-state index in [1.807, 2.05) is 17.4 Å². The van der Waals surface area contributed by atoms with Crippen molar-refractivity contribution in [3.63, 3.8) is 0 Å². The van der Waals surface area contributed by atoms with Crippen LogP contribution in [-0.2, 0) is 0 Å². The van der Waals surface area contributed by atoms with Gasteiger partial charge < -0.3 is 0 Å². The van der Waals surface area contributed by atoms with Gasteiger partial charge in [0.25, 0.3) is 0 Å². The van der Waals surface area contributed by atoms with E-state index in [1.165, 1.54) is 30.9 Å². The highest BCUT2D eigenvalue weighted by molar-refractivity contribution is 7.26. The van der Waals surface area contributed by atoms with Crippen molar-refractivity contribution < 1.29 is 0 Å². The van der Waals surface area contributed by atoms with Crippen LogP contribution in [0.1, 0.15) is 0 Å². The lowest BCUT2D eigenvalue weighted by molar-refractivity contribution is 0.871. The van der Waals surface area contributed by atoms with Crippen LogP contribution >= 0.6 is 11.3 Å². The number of thiophene rings is 1. The molecular formula is C19H11N3S. The van der Waals surface area contributed by atoms with E-state index < -0.39 is 0 Å². The fourth-order valence-corrected chi connectivity index (χ4v) is 4.27. The molecule has 0 aliphatic heterocycles. The van der Waals surface area contributed by atoms with E-state index >= 15 is 0 Å². The molecule has 0 unspecified atom stereocenters. The van der Waals surface area contributed by atoms with E-state index in [4.69, 9.17) is 0 Å². The second-order valence-electron chi connectivity index (χ2n) is 5.48. The molecule has 0 saturated heterocycles. The van der Waals surface area contributed by atoms with Crippen molar-refractivity contribution in [2.45, 2.75) is 0 Å². The zero-order valence-electron chi connectivity index (χ0n) is 12.1. The summed E-state index contributed by atoms with van der Waals surface area (Å²) in [4.78, 5) is 0. The molecule has 0 amide bonds. The van der Waals surface area contributed by atoms with E-state index in [1.54, 1.807) is 6.20 Å². The average molecular weight is 313 g/mol. The summed E-state index contributed by atoms with van der Waals surface area (Å²) in [5.74, 6) is 0. The average Bonchev–Trinajstić information content (AvgIpc) is 2.98. The first-order chi connectivity index (χ1) is 11.4. The zero-order chi connectivity index (χ0) is 15.2. The van der Waals surface area contributed by atoms with Gasteiger partial charge in [-0.15, -0.1) is 21.5 Å². The van der Waals surface area contributed by atoms with Crippen LogP contribution in [0.5, 0.6) is 0 Å². The first-order valence-corrected chi connectivity index (χ1v) is 8.20. The molecule has 0 radical (unpaired) electrons. The summed E-state index contributed by atoms with van der Waals surface area (Å²) in [6.45, 7) is 0. The molecule has 23 heavy (non-hydrogen) atoms. The van der Waals surface area contributed by atoms with Gasteiger partial charge >= 0.3 is 0 Å². The third-order valence-corrected chi connectivity index (χ3v) is 5.26. The minimum atomic E-state index is 0.860. The maximum absolute atomic E-state index is 4.19. The SMILES string of the molecule is c1ccc2cc3c(cc2c1)sc1cccc(-c2ccnnn2)c13. The van der Waals surface area contributed by atoms with Gasteiger partial charge in [0, 0.05) is 25.7 Å². The van der Waals surface area contributed by atoms with Gasteiger partial charge in [0.15, 0.2) is 0 Å². The van der Waals surface area contributed by atoms with Crippen LogP contribution in [-0.4, -0.2) is 15.4 Å². The normalized spacial score (nSPS) is 11.5. The van der Waals surface area contributed by atoms with E-state index in [9.17, 15) is 0 Å². The van der Waals surface area contributed by atoms with Crippen molar-refractivity contribution in [3.05, 3.63) is 66.9 Å². The van der Waals surface area contributed by atoms with Gasteiger partial charge in [0.1, 0.15) is 0 Å². The molecule has 0 aliphatic carbocycles. The first kappa shape index (κ1) is 12.7. The van der Waals surface area contributed by atoms with E-state index in [2.05, 4.69) is 70.0 Å². The Labute approximate surface area is 136 Å². The lowest BCUT2D eigenvalue weighted by atomic mass is 10.0. The fourth-order valence-electron chi connectivity index (χ4n) is 3.11. The van der Waals surface area contributed by atoms with E-state index in [-0.39, 0.29) is 0 Å². The van der Waals surface area contributed by atoms with Gasteiger partial charge in [0.2, 0.25) is 0 Å². The molecular weight excluding hydrogens is 302 g/mol. The van der Waals surface area contributed by atoms with E-state index in [0.717, 1.165) is 11.3 Å². The van der Waals surface area contributed by atoms with Crippen molar-refractivity contribution in [3.8, 4) is 11.3 Å². The summed E-state index contributed by atoms with van der Waals surface area (Å²) in [5.41, 5.74) is 1.97. The Bertz CT molecular complexity index is 1160. The smallest absolute Gasteiger partial charge is 0.0970 e. The Balaban J connectivity index is 1.95. The van der Waals surface area contributed by atoms with Gasteiger partial charge in [-0.3, -0.25) is 0 Å². The van der Waals surface area contributed by atoms with Crippen molar-refractivity contribution in [1.29, 1.82) is 0 Å². The Morgan fingerprint density at radius 2 is 1.65 bits per heavy atom. The number of hydrogen-bond acceptors (Lipinski definition) is 4. The molecule has 108 valence electrons. The molecule has 4 heteroatoms. The number of rotatable bonds is 1. The predicted molar refractivity (Wildman–Crippen MR) is 95.7 cm³/mol. The second kappa shape index (κ2) is 4.83. The lowest BCUT2D eigenvalue weighted by Crippen LogP contribution is -1.89. The molecule has 2 aromatic heterocycles. The first-order valence-electron chi connectivity index (χ1n) is 7.39. The Morgan fingerprint density at radius 1 is 0.783 bits per heavy atom. The summed E-state index contributed by atoms with van der Waals surface area (Å²) in [6.07, 6.45) is 1.69. The quantitative estimate of drug-likeness (QED) is 0.434. The summed E-state index contributed by atoms with van der Waals surface area (Å²) >= 11 is 1.82. The van der Waals surface area contributed by atoms with Crippen LogP contribution in [0.3, 0.4) is 0 Å². The molecule has 0 spiro atoms. The van der Waals surface area contributed by atoms with Crippen molar-refractivity contribution in [1.82, 2.24) is 15.4 Å². The van der Waals surface area contributed by atoms with Crippen molar-refractivity contribution in [2.24, 2.45) is 0 Å². The molecule has 3 aromatic carbocycles. The van der Waals surface area contributed by atoms with Crippen LogP contribution < -0.4 is 0 Å². The van der Waals surface area contributed by atoms with Gasteiger partial charge in [-0.05, 0) is 40.3 Å². The van der Waals surface area contributed by atoms with Crippen LogP contribution in [0.25, 0.3) is 42.2 Å².